The van der Waals surface area contributed by atoms with Gasteiger partial charge >= 0.3 is 0 Å². The third kappa shape index (κ3) is 3.21. The molecule has 1 aliphatic carbocycles. The van der Waals surface area contributed by atoms with E-state index in [0.29, 0.717) is 6.04 Å². The third-order valence-corrected chi connectivity index (χ3v) is 3.94. The van der Waals surface area contributed by atoms with Crippen molar-refractivity contribution in [1.29, 1.82) is 0 Å². The Morgan fingerprint density at radius 3 is 2.44 bits per heavy atom. The number of carbonyl (C=O) groups excluding carboxylic acids is 1. The Morgan fingerprint density at radius 2 is 2.00 bits per heavy atom. The number of hydrogen-bond acceptors (Lipinski definition) is 2. The predicted octanol–water partition coefficient (Wildman–Crippen LogP) is 2.20. The molecule has 3 nitrogen and oxygen atoms in total. The molecule has 1 fully saturated rings. The van der Waals surface area contributed by atoms with Gasteiger partial charge in [0, 0.05) is 12.6 Å². The number of nitrogens with one attached hydrogen (secondary N) is 1. The molecule has 1 atom stereocenters. The average Bonchev–Trinajstić information content (AvgIpc) is 2.74. The number of nitrogens with two attached hydrogens (primary N) is 1. The fraction of sp³-hybridized carbons (Fsp3) is 0.923. The molecular weight excluding hydrogens is 200 g/mol. The molecule has 3 N–H and O–H groups in total. The smallest absolute Gasteiger partial charge is 0.224 e. The Labute approximate surface area is 99.2 Å². The number of rotatable bonds is 7. The topological polar surface area (TPSA) is 55.1 Å². The molecule has 0 bridgehead atoms. The van der Waals surface area contributed by atoms with Crippen molar-refractivity contribution < 1.29 is 4.79 Å². The molecule has 0 saturated heterocycles. The molecule has 1 aliphatic rings. The van der Waals surface area contributed by atoms with Crippen LogP contribution in [0.1, 0.15) is 58.8 Å². The molecule has 1 amide bonds. The Bertz CT molecular complexity index is 222. The highest BCUT2D eigenvalue weighted by atomic mass is 16.1. The highest BCUT2D eigenvalue weighted by Crippen LogP contribution is 2.37. The number of amides is 1. The highest BCUT2D eigenvalue weighted by Gasteiger charge is 2.39. The first kappa shape index (κ1) is 13.5. The van der Waals surface area contributed by atoms with Crippen LogP contribution in [-0.4, -0.2) is 18.5 Å². The molecule has 0 aliphatic heterocycles. The second kappa shape index (κ2) is 6.24. The molecule has 1 saturated carbocycles. The van der Waals surface area contributed by atoms with Crippen molar-refractivity contribution >= 4 is 5.91 Å². The van der Waals surface area contributed by atoms with E-state index in [9.17, 15) is 4.79 Å². The first-order valence-electron chi connectivity index (χ1n) is 6.68. The van der Waals surface area contributed by atoms with Gasteiger partial charge in [-0.2, -0.15) is 0 Å². The van der Waals surface area contributed by atoms with Crippen molar-refractivity contribution in [2.45, 2.75) is 64.8 Å². The summed E-state index contributed by atoms with van der Waals surface area (Å²) >= 11 is 0. The lowest BCUT2D eigenvalue weighted by atomic mass is 9.85. The molecule has 0 heterocycles. The maximum atomic E-state index is 11.6. The van der Waals surface area contributed by atoms with Gasteiger partial charge in [0.15, 0.2) is 0 Å². The number of carbonyl (C=O) groups is 1. The second-order valence-electron chi connectivity index (χ2n) is 5.13. The van der Waals surface area contributed by atoms with Crippen LogP contribution in [0.2, 0.25) is 0 Å². The normalized spacial score (nSPS) is 20.9. The summed E-state index contributed by atoms with van der Waals surface area (Å²) in [5, 5.41) is 3.53. The molecule has 16 heavy (non-hydrogen) atoms. The van der Waals surface area contributed by atoms with E-state index in [-0.39, 0.29) is 11.3 Å². The quantitative estimate of drug-likeness (QED) is 0.699. The lowest BCUT2D eigenvalue weighted by Crippen LogP contribution is -2.45. The highest BCUT2D eigenvalue weighted by molar-refractivity contribution is 5.81. The van der Waals surface area contributed by atoms with E-state index >= 15 is 0 Å². The van der Waals surface area contributed by atoms with Crippen LogP contribution in [0, 0.1) is 5.41 Å². The predicted molar refractivity (Wildman–Crippen MR) is 67.1 cm³/mol. The van der Waals surface area contributed by atoms with Crippen LogP contribution in [0.4, 0.5) is 0 Å². The molecule has 1 rings (SSSR count). The lowest BCUT2D eigenvalue weighted by Gasteiger charge is -2.28. The largest absolute Gasteiger partial charge is 0.369 e. The molecule has 0 aromatic rings. The zero-order valence-corrected chi connectivity index (χ0v) is 10.7. The second-order valence-corrected chi connectivity index (χ2v) is 5.13. The van der Waals surface area contributed by atoms with Gasteiger partial charge in [-0.15, -0.1) is 0 Å². The van der Waals surface area contributed by atoms with E-state index in [1.165, 1.54) is 12.8 Å². The summed E-state index contributed by atoms with van der Waals surface area (Å²) < 4.78 is 0. The Kier molecular flexibility index (Phi) is 5.26. The SMILES string of the molecule is CCCC(CC)NCC1(C(N)=O)CCCC1. The van der Waals surface area contributed by atoms with E-state index in [0.717, 1.165) is 38.6 Å². The minimum atomic E-state index is -0.249. The van der Waals surface area contributed by atoms with Crippen molar-refractivity contribution in [3.8, 4) is 0 Å². The Hall–Kier alpha value is -0.570. The van der Waals surface area contributed by atoms with Crippen LogP contribution in [0.15, 0.2) is 0 Å². The molecule has 0 spiro atoms. The van der Waals surface area contributed by atoms with E-state index in [1.807, 2.05) is 0 Å². The van der Waals surface area contributed by atoms with Crippen LogP contribution >= 0.6 is 0 Å². The standard InChI is InChI=1S/C13H26N2O/c1-3-7-11(4-2)15-10-13(12(14)16)8-5-6-9-13/h11,15H,3-10H2,1-2H3,(H2,14,16). The maximum absolute atomic E-state index is 11.6. The van der Waals surface area contributed by atoms with Crippen molar-refractivity contribution in [2.75, 3.05) is 6.54 Å². The van der Waals surface area contributed by atoms with Crippen LogP contribution < -0.4 is 11.1 Å². The van der Waals surface area contributed by atoms with E-state index in [4.69, 9.17) is 5.73 Å². The minimum Gasteiger partial charge on any atom is -0.369 e. The van der Waals surface area contributed by atoms with Gasteiger partial charge in [0.25, 0.3) is 0 Å². The Morgan fingerprint density at radius 1 is 1.38 bits per heavy atom. The van der Waals surface area contributed by atoms with E-state index in [2.05, 4.69) is 19.2 Å². The van der Waals surface area contributed by atoms with Gasteiger partial charge in [-0.05, 0) is 25.7 Å². The van der Waals surface area contributed by atoms with E-state index in [1.54, 1.807) is 0 Å². The minimum absolute atomic E-state index is 0.108. The molecule has 94 valence electrons. The van der Waals surface area contributed by atoms with Crippen molar-refractivity contribution in [1.82, 2.24) is 5.32 Å². The molecule has 0 aromatic carbocycles. The summed E-state index contributed by atoms with van der Waals surface area (Å²) in [6, 6.07) is 0.543. The van der Waals surface area contributed by atoms with Crippen LogP contribution in [-0.2, 0) is 4.79 Å². The lowest BCUT2D eigenvalue weighted by molar-refractivity contribution is -0.127. The summed E-state index contributed by atoms with van der Waals surface area (Å²) in [6.07, 6.45) is 7.74. The molecule has 1 unspecified atom stereocenters. The molecule has 3 heteroatoms. The van der Waals surface area contributed by atoms with Crippen molar-refractivity contribution in [3.05, 3.63) is 0 Å². The summed E-state index contributed by atoms with van der Waals surface area (Å²) in [7, 11) is 0. The van der Waals surface area contributed by atoms with Crippen LogP contribution in [0.25, 0.3) is 0 Å². The van der Waals surface area contributed by atoms with Gasteiger partial charge in [-0.25, -0.2) is 0 Å². The summed E-state index contributed by atoms with van der Waals surface area (Å²) in [5.74, 6) is -0.108. The molecule has 0 radical (unpaired) electrons. The average molecular weight is 226 g/mol. The summed E-state index contributed by atoms with van der Waals surface area (Å²) in [4.78, 5) is 11.6. The third-order valence-electron chi connectivity index (χ3n) is 3.94. The van der Waals surface area contributed by atoms with Gasteiger partial charge in [0.1, 0.15) is 0 Å². The van der Waals surface area contributed by atoms with Crippen LogP contribution in [0.3, 0.4) is 0 Å². The number of hydrogen-bond donors (Lipinski definition) is 2. The zero-order chi connectivity index (χ0) is 12.0. The first-order valence-corrected chi connectivity index (χ1v) is 6.68. The van der Waals surface area contributed by atoms with Gasteiger partial charge < -0.3 is 11.1 Å². The van der Waals surface area contributed by atoms with Gasteiger partial charge in [-0.1, -0.05) is 33.1 Å². The summed E-state index contributed by atoms with van der Waals surface area (Å²) in [5.41, 5.74) is 5.31. The maximum Gasteiger partial charge on any atom is 0.224 e. The van der Waals surface area contributed by atoms with E-state index < -0.39 is 0 Å². The fourth-order valence-electron chi connectivity index (χ4n) is 2.70. The zero-order valence-electron chi connectivity index (χ0n) is 10.7. The fourth-order valence-corrected chi connectivity index (χ4v) is 2.70. The number of primary amides is 1. The van der Waals surface area contributed by atoms with Gasteiger partial charge in [0.05, 0.1) is 5.41 Å². The van der Waals surface area contributed by atoms with Crippen molar-refractivity contribution in [3.63, 3.8) is 0 Å². The van der Waals surface area contributed by atoms with Gasteiger partial charge in [0.2, 0.25) is 5.91 Å². The molecular formula is C13H26N2O. The summed E-state index contributed by atoms with van der Waals surface area (Å²) in [6.45, 7) is 5.17. The van der Waals surface area contributed by atoms with Crippen LogP contribution in [0.5, 0.6) is 0 Å². The Balaban J connectivity index is 2.46. The van der Waals surface area contributed by atoms with Crippen molar-refractivity contribution in [2.24, 2.45) is 11.1 Å². The molecule has 0 aromatic heterocycles. The van der Waals surface area contributed by atoms with Gasteiger partial charge in [-0.3, -0.25) is 4.79 Å². The monoisotopic (exact) mass is 226 g/mol. The first-order chi connectivity index (χ1) is 7.64.